The van der Waals surface area contributed by atoms with Crippen molar-refractivity contribution in [2.24, 2.45) is 10.7 Å². The average molecular weight is 302 g/mol. The maximum Gasteiger partial charge on any atom is 0.410 e. The Labute approximate surface area is 125 Å². The molecule has 1 amide bonds. The van der Waals surface area contributed by atoms with Crippen LogP contribution in [0, 0.1) is 0 Å². The van der Waals surface area contributed by atoms with Gasteiger partial charge in [0.2, 0.25) is 0 Å². The zero-order valence-electron chi connectivity index (χ0n) is 12.9. The van der Waals surface area contributed by atoms with Crippen molar-refractivity contribution in [3.63, 3.8) is 0 Å². The smallest absolute Gasteiger partial charge is 0.410 e. The number of amides is 1. The van der Waals surface area contributed by atoms with Gasteiger partial charge < -0.3 is 20.3 Å². The normalized spacial score (nSPS) is 17.0. The summed E-state index contributed by atoms with van der Waals surface area (Å²) in [7, 11) is 1.71. The first-order valence-electron chi connectivity index (χ1n) is 6.86. The molecule has 1 saturated heterocycles. The fourth-order valence-electron chi connectivity index (χ4n) is 1.64. The van der Waals surface area contributed by atoms with E-state index in [2.05, 4.69) is 9.89 Å². The highest BCUT2D eigenvalue weighted by Gasteiger charge is 2.19. The van der Waals surface area contributed by atoms with Crippen LogP contribution >= 0.6 is 11.8 Å². The number of hydrogen-bond acceptors (Lipinski definition) is 4. The Bertz CT molecular complexity index is 349. The number of thioether (sulfide) groups is 1. The molecule has 0 radical (unpaired) electrons. The van der Waals surface area contributed by atoms with Crippen LogP contribution in [0.2, 0.25) is 0 Å². The molecule has 0 bridgehead atoms. The molecule has 0 saturated carbocycles. The number of aliphatic imine (C=N–C) groups is 1. The van der Waals surface area contributed by atoms with Crippen LogP contribution < -0.4 is 5.73 Å². The van der Waals surface area contributed by atoms with E-state index in [0.717, 1.165) is 24.6 Å². The molecule has 20 heavy (non-hydrogen) atoms. The molecule has 0 atom stereocenters. The molecule has 0 aliphatic carbocycles. The zero-order valence-corrected chi connectivity index (χ0v) is 13.7. The van der Waals surface area contributed by atoms with Crippen molar-refractivity contribution in [3.8, 4) is 0 Å². The molecular formula is C13H26N4O2S. The van der Waals surface area contributed by atoms with E-state index in [1.54, 1.807) is 7.05 Å². The summed E-state index contributed by atoms with van der Waals surface area (Å²) >= 11 is 1.93. The van der Waals surface area contributed by atoms with Gasteiger partial charge in [0, 0.05) is 38.2 Å². The number of hydrogen-bond donors (Lipinski definition) is 1. The van der Waals surface area contributed by atoms with Crippen molar-refractivity contribution in [2.75, 3.05) is 44.7 Å². The summed E-state index contributed by atoms with van der Waals surface area (Å²) in [6, 6.07) is 0. The van der Waals surface area contributed by atoms with Gasteiger partial charge in [0.05, 0.1) is 6.54 Å². The fourth-order valence-corrected chi connectivity index (χ4v) is 2.54. The van der Waals surface area contributed by atoms with E-state index in [-0.39, 0.29) is 6.09 Å². The van der Waals surface area contributed by atoms with E-state index in [4.69, 9.17) is 10.5 Å². The second-order valence-electron chi connectivity index (χ2n) is 5.74. The van der Waals surface area contributed by atoms with E-state index < -0.39 is 5.60 Å². The maximum absolute atomic E-state index is 11.7. The first-order chi connectivity index (χ1) is 9.29. The molecule has 1 rings (SSSR count). The van der Waals surface area contributed by atoms with Crippen LogP contribution in [0.5, 0.6) is 0 Å². The molecule has 2 N–H and O–H groups in total. The monoisotopic (exact) mass is 302 g/mol. The molecule has 7 heteroatoms. The highest BCUT2D eigenvalue weighted by molar-refractivity contribution is 7.99. The molecule has 0 spiro atoms. The number of rotatable bonds is 3. The Morgan fingerprint density at radius 2 is 2.00 bits per heavy atom. The lowest BCUT2D eigenvalue weighted by Gasteiger charge is -2.27. The van der Waals surface area contributed by atoms with Gasteiger partial charge in [0.25, 0.3) is 0 Å². The Morgan fingerprint density at radius 1 is 1.40 bits per heavy atom. The molecule has 1 aliphatic heterocycles. The second kappa shape index (κ2) is 7.61. The molecule has 1 heterocycles. The number of nitrogens with zero attached hydrogens (tertiary/aromatic N) is 3. The average Bonchev–Trinajstić information content (AvgIpc) is 2.37. The van der Waals surface area contributed by atoms with E-state index in [1.165, 1.54) is 4.90 Å². The topological polar surface area (TPSA) is 71.2 Å². The van der Waals surface area contributed by atoms with Crippen molar-refractivity contribution in [1.82, 2.24) is 9.80 Å². The quantitative estimate of drug-likeness (QED) is 0.627. The van der Waals surface area contributed by atoms with Crippen molar-refractivity contribution in [2.45, 2.75) is 26.4 Å². The van der Waals surface area contributed by atoms with Gasteiger partial charge in [-0.1, -0.05) is 0 Å². The molecule has 0 aromatic carbocycles. The SMILES string of the molecule is CN(CCN=C(N)N1CCSCC1)C(=O)OC(C)(C)C. The first-order valence-corrected chi connectivity index (χ1v) is 8.02. The predicted molar refractivity (Wildman–Crippen MR) is 84.3 cm³/mol. The van der Waals surface area contributed by atoms with Gasteiger partial charge in [-0.15, -0.1) is 0 Å². The fraction of sp³-hybridized carbons (Fsp3) is 0.846. The van der Waals surface area contributed by atoms with Crippen LogP contribution in [-0.4, -0.2) is 72.2 Å². The molecule has 116 valence electrons. The van der Waals surface area contributed by atoms with Gasteiger partial charge in [-0.3, -0.25) is 4.99 Å². The van der Waals surface area contributed by atoms with Gasteiger partial charge in [0.1, 0.15) is 5.60 Å². The molecule has 1 fully saturated rings. The van der Waals surface area contributed by atoms with Crippen LogP contribution in [0.1, 0.15) is 20.8 Å². The van der Waals surface area contributed by atoms with Crippen molar-refractivity contribution in [1.29, 1.82) is 0 Å². The number of carbonyl (C=O) groups is 1. The van der Waals surface area contributed by atoms with Crippen LogP contribution in [-0.2, 0) is 4.74 Å². The second-order valence-corrected chi connectivity index (χ2v) is 6.97. The predicted octanol–water partition coefficient (Wildman–Crippen LogP) is 1.22. The van der Waals surface area contributed by atoms with Crippen molar-refractivity contribution in [3.05, 3.63) is 0 Å². The summed E-state index contributed by atoms with van der Waals surface area (Å²) in [5, 5.41) is 0. The Morgan fingerprint density at radius 3 is 2.55 bits per heavy atom. The third kappa shape index (κ3) is 6.36. The lowest BCUT2D eigenvalue weighted by molar-refractivity contribution is 0.0304. The Balaban J connectivity index is 2.33. The summed E-state index contributed by atoms with van der Waals surface area (Å²) in [6.07, 6.45) is -0.333. The Hall–Kier alpha value is -1.11. The molecule has 0 aromatic heterocycles. The summed E-state index contributed by atoms with van der Waals surface area (Å²) in [4.78, 5) is 19.7. The number of likely N-dealkylation sites (N-methyl/N-ethyl adjacent to an activating group) is 1. The van der Waals surface area contributed by atoms with E-state index in [0.29, 0.717) is 19.0 Å². The minimum Gasteiger partial charge on any atom is -0.444 e. The standard InChI is InChI=1S/C13H26N4O2S/c1-13(2,3)19-12(18)16(4)6-5-15-11(14)17-7-9-20-10-8-17/h5-10H2,1-4H3,(H2,14,15). The largest absolute Gasteiger partial charge is 0.444 e. The molecule has 6 nitrogen and oxygen atoms in total. The number of ether oxygens (including phenoxy) is 1. The van der Waals surface area contributed by atoms with Gasteiger partial charge in [-0.05, 0) is 20.8 Å². The summed E-state index contributed by atoms with van der Waals surface area (Å²) < 4.78 is 5.27. The van der Waals surface area contributed by atoms with Gasteiger partial charge in [0.15, 0.2) is 5.96 Å². The van der Waals surface area contributed by atoms with Crippen LogP contribution in [0.15, 0.2) is 4.99 Å². The molecular weight excluding hydrogens is 276 g/mol. The Kier molecular flexibility index (Phi) is 6.45. The van der Waals surface area contributed by atoms with Gasteiger partial charge in [-0.25, -0.2) is 4.79 Å². The van der Waals surface area contributed by atoms with Gasteiger partial charge in [-0.2, -0.15) is 11.8 Å². The van der Waals surface area contributed by atoms with E-state index >= 15 is 0 Å². The van der Waals surface area contributed by atoms with Crippen LogP contribution in [0.4, 0.5) is 4.79 Å². The number of carbonyl (C=O) groups excluding carboxylic acids is 1. The highest BCUT2D eigenvalue weighted by Crippen LogP contribution is 2.09. The van der Waals surface area contributed by atoms with Crippen molar-refractivity contribution >= 4 is 23.8 Å². The minimum absolute atomic E-state index is 0.333. The molecule has 0 unspecified atom stereocenters. The minimum atomic E-state index is -0.473. The maximum atomic E-state index is 11.7. The van der Waals surface area contributed by atoms with E-state index in [1.807, 2.05) is 32.5 Å². The van der Waals surface area contributed by atoms with Gasteiger partial charge >= 0.3 is 6.09 Å². The molecule has 0 aromatic rings. The van der Waals surface area contributed by atoms with Crippen LogP contribution in [0.3, 0.4) is 0 Å². The molecule has 1 aliphatic rings. The zero-order chi connectivity index (χ0) is 15.2. The van der Waals surface area contributed by atoms with Crippen LogP contribution in [0.25, 0.3) is 0 Å². The summed E-state index contributed by atoms with van der Waals surface area (Å²) in [5.41, 5.74) is 5.47. The number of guanidine groups is 1. The third-order valence-corrected chi connectivity index (χ3v) is 3.69. The number of nitrogens with two attached hydrogens (primary N) is 1. The first kappa shape index (κ1) is 16.9. The lowest BCUT2D eigenvalue weighted by Crippen LogP contribution is -2.43. The summed E-state index contributed by atoms with van der Waals surface area (Å²) in [6.45, 7) is 8.43. The lowest BCUT2D eigenvalue weighted by atomic mass is 10.2. The summed E-state index contributed by atoms with van der Waals surface area (Å²) in [5.74, 6) is 2.75. The van der Waals surface area contributed by atoms with Crippen molar-refractivity contribution < 1.29 is 9.53 Å². The third-order valence-electron chi connectivity index (χ3n) is 2.75. The van der Waals surface area contributed by atoms with E-state index in [9.17, 15) is 4.79 Å². The highest BCUT2D eigenvalue weighted by atomic mass is 32.2.